The topological polar surface area (TPSA) is 27.7 Å². The van der Waals surface area contributed by atoms with E-state index in [4.69, 9.17) is 14.2 Å². The zero-order valence-electron chi connectivity index (χ0n) is 11.5. The highest BCUT2D eigenvalue weighted by Gasteiger charge is 2.19. The third-order valence-corrected chi connectivity index (χ3v) is 3.35. The molecule has 1 aliphatic heterocycles. The minimum atomic E-state index is -0.0678. The summed E-state index contributed by atoms with van der Waals surface area (Å²) in [4.78, 5) is 0. The smallest absolute Gasteiger partial charge is 0.164 e. The standard InChI is InChI=1S/C17H16O3/c1-18-16-10-13-8-9-14(12-6-4-3-5-7-12)20-15(13)11-17(16)19-2/h3-11,14H,1-2H3/t14-/m1/s1. The van der Waals surface area contributed by atoms with Gasteiger partial charge in [0.15, 0.2) is 11.5 Å². The molecule has 3 rings (SSSR count). The van der Waals surface area contributed by atoms with Crippen LogP contribution in [-0.2, 0) is 0 Å². The Balaban J connectivity index is 1.96. The fraction of sp³-hybridized carbons (Fsp3) is 0.176. The van der Waals surface area contributed by atoms with Gasteiger partial charge in [-0.05, 0) is 17.7 Å². The summed E-state index contributed by atoms with van der Waals surface area (Å²) in [7, 11) is 3.25. The summed E-state index contributed by atoms with van der Waals surface area (Å²) in [5, 5.41) is 0. The van der Waals surface area contributed by atoms with E-state index in [-0.39, 0.29) is 6.10 Å². The molecule has 0 saturated carbocycles. The van der Waals surface area contributed by atoms with Gasteiger partial charge in [0, 0.05) is 11.6 Å². The summed E-state index contributed by atoms with van der Waals surface area (Å²) in [6.07, 6.45) is 4.03. The molecule has 0 radical (unpaired) electrons. The molecule has 2 aromatic carbocycles. The van der Waals surface area contributed by atoms with Gasteiger partial charge >= 0.3 is 0 Å². The van der Waals surface area contributed by atoms with Crippen molar-refractivity contribution in [1.29, 1.82) is 0 Å². The lowest BCUT2D eigenvalue weighted by molar-refractivity contribution is 0.249. The van der Waals surface area contributed by atoms with Crippen LogP contribution in [0.25, 0.3) is 6.08 Å². The van der Waals surface area contributed by atoms with E-state index in [1.807, 2.05) is 36.4 Å². The molecular formula is C17H16O3. The number of hydrogen-bond acceptors (Lipinski definition) is 3. The van der Waals surface area contributed by atoms with Gasteiger partial charge in [-0.1, -0.05) is 36.4 Å². The van der Waals surface area contributed by atoms with Crippen LogP contribution in [-0.4, -0.2) is 14.2 Å². The highest BCUT2D eigenvalue weighted by Crippen LogP contribution is 2.40. The van der Waals surface area contributed by atoms with Gasteiger partial charge in [-0.2, -0.15) is 0 Å². The van der Waals surface area contributed by atoms with Crippen molar-refractivity contribution >= 4 is 6.08 Å². The van der Waals surface area contributed by atoms with E-state index in [2.05, 4.69) is 18.2 Å². The highest BCUT2D eigenvalue weighted by molar-refractivity contribution is 5.65. The van der Waals surface area contributed by atoms with Crippen molar-refractivity contribution in [3.63, 3.8) is 0 Å². The first-order valence-electron chi connectivity index (χ1n) is 6.47. The highest BCUT2D eigenvalue weighted by atomic mass is 16.5. The van der Waals surface area contributed by atoms with Crippen molar-refractivity contribution in [2.75, 3.05) is 14.2 Å². The van der Waals surface area contributed by atoms with Crippen molar-refractivity contribution in [2.45, 2.75) is 6.10 Å². The molecule has 1 heterocycles. The van der Waals surface area contributed by atoms with Gasteiger partial charge in [0.1, 0.15) is 11.9 Å². The molecule has 3 nitrogen and oxygen atoms in total. The second-order valence-electron chi connectivity index (χ2n) is 4.55. The molecule has 3 heteroatoms. The van der Waals surface area contributed by atoms with Crippen LogP contribution in [0.3, 0.4) is 0 Å². The molecule has 0 aliphatic carbocycles. The van der Waals surface area contributed by atoms with Crippen LogP contribution in [0.5, 0.6) is 17.2 Å². The van der Waals surface area contributed by atoms with Gasteiger partial charge < -0.3 is 14.2 Å². The van der Waals surface area contributed by atoms with E-state index < -0.39 is 0 Å². The van der Waals surface area contributed by atoms with Crippen LogP contribution in [0.15, 0.2) is 48.5 Å². The van der Waals surface area contributed by atoms with E-state index in [0.717, 1.165) is 16.9 Å². The Morgan fingerprint density at radius 2 is 1.65 bits per heavy atom. The van der Waals surface area contributed by atoms with Gasteiger partial charge in [0.05, 0.1) is 14.2 Å². The molecule has 0 saturated heterocycles. The van der Waals surface area contributed by atoms with Crippen LogP contribution in [0.4, 0.5) is 0 Å². The molecule has 0 fully saturated rings. The zero-order valence-corrected chi connectivity index (χ0v) is 11.5. The van der Waals surface area contributed by atoms with Crippen LogP contribution in [0, 0.1) is 0 Å². The molecule has 102 valence electrons. The number of fused-ring (bicyclic) bond motifs is 1. The largest absolute Gasteiger partial charge is 0.493 e. The fourth-order valence-corrected chi connectivity index (χ4v) is 2.30. The molecular weight excluding hydrogens is 252 g/mol. The molecule has 0 N–H and O–H groups in total. The molecule has 0 unspecified atom stereocenters. The maximum Gasteiger partial charge on any atom is 0.164 e. The second-order valence-corrected chi connectivity index (χ2v) is 4.55. The molecule has 0 amide bonds. The van der Waals surface area contributed by atoms with Crippen molar-refractivity contribution < 1.29 is 14.2 Å². The number of rotatable bonds is 3. The predicted octanol–water partition coefficient (Wildman–Crippen LogP) is 3.85. The average molecular weight is 268 g/mol. The molecule has 2 aromatic rings. The maximum atomic E-state index is 6.04. The molecule has 0 spiro atoms. The first-order chi connectivity index (χ1) is 9.81. The first kappa shape index (κ1) is 12.6. The predicted molar refractivity (Wildman–Crippen MR) is 78.4 cm³/mol. The Morgan fingerprint density at radius 1 is 0.950 bits per heavy atom. The van der Waals surface area contributed by atoms with Crippen LogP contribution in [0.2, 0.25) is 0 Å². The maximum absolute atomic E-state index is 6.04. The Kier molecular flexibility index (Phi) is 3.33. The van der Waals surface area contributed by atoms with E-state index in [1.54, 1.807) is 14.2 Å². The summed E-state index contributed by atoms with van der Waals surface area (Å²) in [5.41, 5.74) is 2.12. The third-order valence-electron chi connectivity index (χ3n) is 3.35. The Bertz CT molecular complexity index is 632. The van der Waals surface area contributed by atoms with Crippen molar-refractivity contribution in [3.8, 4) is 17.2 Å². The SMILES string of the molecule is COc1cc2c(cc1OC)O[C@@H](c1ccccc1)C=C2. The summed E-state index contributed by atoms with van der Waals surface area (Å²) in [6.45, 7) is 0. The molecule has 20 heavy (non-hydrogen) atoms. The van der Waals surface area contributed by atoms with Crippen LogP contribution >= 0.6 is 0 Å². The quantitative estimate of drug-likeness (QED) is 0.846. The zero-order chi connectivity index (χ0) is 13.9. The van der Waals surface area contributed by atoms with Gasteiger partial charge in [-0.3, -0.25) is 0 Å². The van der Waals surface area contributed by atoms with Gasteiger partial charge in [-0.25, -0.2) is 0 Å². The fourth-order valence-electron chi connectivity index (χ4n) is 2.30. The lowest BCUT2D eigenvalue weighted by atomic mass is 10.0. The second kappa shape index (κ2) is 5.29. The Morgan fingerprint density at radius 3 is 2.35 bits per heavy atom. The van der Waals surface area contributed by atoms with Gasteiger partial charge in [-0.15, -0.1) is 0 Å². The monoisotopic (exact) mass is 268 g/mol. The summed E-state index contributed by atoms with van der Waals surface area (Å²) >= 11 is 0. The first-order valence-corrected chi connectivity index (χ1v) is 6.47. The number of methoxy groups -OCH3 is 2. The van der Waals surface area contributed by atoms with Gasteiger partial charge in [0.2, 0.25) is 0 Å². The number of benzene rings is 2. The minimum absolute atomic E-state index is 0.0678. The average Bonchev–Trinajstić information content (AvgIpc) is 2.53. The van der Waals surface area contributed by atoms with E-state index >= 15 is 0 Å². The van der Waals surface area contributed by atoms with Crippen LogP contribution < -0.4 is 14.2 Å². The minimum Gasteiger partial charge on any atom is -0.493 e. The molecule has 0 bridgehead atoms. The van der Waals surface area contributed by atoms with E-state index in [9.17, 15) is 0 Å². The van der Waals surface area contributed by atoms with Crippen LogP contribution in [0.1, 0.15) is 17.2 Å². The van der Waals surface area contributed by atoms with Crippen molar-refractivity contribution in [1.82, 2.24) is 0 Å². The Hall–Kier alpha value is -2.42. The summed E-state index contributed by atoms with van der Waals surface area (Å²) in [6, 6.07) is 13.9. The normalized spacial score (nSPS) is 16.2. The van der Waals surface area contributed by atoms with Crippen molar-refractivity contribution in [3.05, 3.63) is 59.7 Å². The third kappa shape index (κ3) is 2.23. The summed E-state index contributed by atoms with van der Waals surface area (Å²) in [5.74, 6) is 2.19. The molecule has 1 atom stereocenters. The molecule has 1 aliphatic rings. The lowest BCUT2D eigenvalue weighted by Gasteiger charge is -2.23. The van der Waals surface area contributed by atoms with Gasteiger partial charge in [0.25, 0.3) is 0 Å². The Labute approximate surface area is 118 Å². The molecule has 0 aromatic heterocycles. The van der Waals surface area contributed by atoms with E-state index in [0.29, 0.717) is 11.5 Å². The van der Waals surface area contributed by atoms with E-state index in [1.165, 1.54) is 0 Å². The summed E-state index contributed by atoms with van der Waals surface area (Å²) < 4.78 is 16.7. The number of ether oxygens (including phenoxy) is 3. The number of hydrogen-bond donors (Lipinski definition) is 0. The van der Waals surface area contributed by atoms with Crippen molar-refractivity contribution in [2.24, 2.45) is 0 Å². The lowest BCUT2D eigenvalue weighted by Crippen LogP contribution is -2.09.